The minimum Gasteiger partial charge on any atom is -0.477 e. The van der Waals surface area contributed by atoms with Gasteiger partial charge in [-0.3, -0.25) is 14.9 Å². The van der Waals surface area contributed by atoms with E-state index in [4.69, 9.17) is 14.2 Å². The second-order valence-corrected chi connectivity index (χ2v) is 10.2. The van der Waals surface area contributed by atoms with E-state index in [1.54, 1.807) is 46.8 Å². The van der Waals surface area contributed by atoms with Gasteiger partial charge in [0.25, 0.3) is 5.91 Å². The van der Waals surface area contributed by atoms with Crippen LogP contribution in [0.4, 0.5) is 14.9 Å². The molecule has 4 rings (SSSR count). The average Bonchev–Trinajstić information content (AvgIpc) is 3.02. The van der Waals surface area contributed by atoms with Crippen LogP contribution in [-0.2, 0) is 24.5 Å². The number of nitro groups is 1. The van der Waals surface area contributed by atoms with Crippen molar-refractivity contribution in [3.8, 4) is 5.75 Å². The van der Waals surface area contributed by atoms with Gasteiger partial charge in [-0.05, 0) is 58.9 Å². The first kappa shape index (κ1) is 26.1. The van der Waals surface area contributed by atoms with Gasteiger partial charge in [0.2, 0.25) is 12.6 Å². The van der Waals surface area contributed by atoms with Crippen molar-refractivity contribution in [1.29, 1.82) is 0 Å². The highest BCUT2D eigenvalue weighted by Gasteiger charge is 2.69. The van der Waals surface area contributed by atoms with Crippen LogP contribution >= 0.6 is 0 Å². The minimum absolute atomic E-state index is 0.0562. The zero-order chi connectivity index (χ0) is 27.3. The summed E-state index contributed by atoms with van der Waals surface area (Å²) < 4.78 is 31.6. The average molecular weight is 515 g/mol. The molecule has 0 saturated heterocycles. The van der Waals surface area contributed by atoms with Gasteiger partial charge in [-0.1, -0.05) is 18.2 Å². The van der Waals surface area contributed by atoms with Gasteiger partial charge in [0, 0.05) is 16.1 Å². The molecular weight excluding hydrogens is 487 g/mol. The number of imide groups is 1. The SMILES string of the molecule is CC(C)OC(=O)[C@@H]1Oc2ccccc2[C@H](C[N+](=O)[O-])[C@@]12C(=O)N(C(=O)OC(C)(C)C)c1ccc(F)cc12. The molecule has 37 heavy (non-hydrogen) atoms. The molecule has 0 bridgehead atoms. The summed E-state index contributed by atoms with van der Waals surface area (Å²) in [7, 11) is 0. The predicted octanol–water partition coefficient (Wildman–Crippen LogP) is 4.12. The standard InChI is InChI=1S/C26H27FN2O8/c1-14(2)35-22(30)21-26(18(13-28(33)34)16-8-6-7-9-20(16)36-21)17-12-15(27)10-11-19(17)29(23(26)31)24(32)37-25(3,4)5/h6-12,14,18,21H,13H2,1-5H3/t18-,21-,26+/m0/s1. The van der Waals surface area contributed by atoms with Crippen LogP contribution in [-0.4, -0.2) is 47.2 Å². The van der Waals surface area contributed by atoms with Crippen LogP contribution in [0.15, 0.2) is 42.5 Å². The normalized spacial score (nSPS) is 22.4. The molecule has 0 fully saturated rings. The molecule has 0 N–H and O–H groups in total. The molecule has 0 unspecified atom stereocenters. The van der Waals surface area contributed by atoms with Gasteiger partial charge in [0.15, 0.2) is 0 Å². The van der Waals surface area contributed by atoms with Crippen molar-refractivity contribution in [2.45, 2.75) is 63.8 Å². The largest absolute Gasteiger partial charge is 0.477 e. The summed E-state index contributed by atoms with van der Waals surface area (Å²) in [6.07, 6.45) is -3.45. The van der Waals surface area contributed by atoms with Crippen LogP contribution < -0.4 is 9.64 Å². The fraction of sp³-hybridized carbons (Fsp3) is 0.423. The summed E-state index contributed by atoms with van der Waals surface area (Å²) in [6.45, 7) is 7.18. The quantitative estimate of drug-likeness (QED) is 0.339. The summed E-state index contributed by atoms with van der Waals surface area (Å²) in [5, 5.41) is 11.9. The number of hydrogen-bond donors (Lipinski definition) is 0. The van der Waals surface area contributed by atoms with E-state index in [-0.39, 0.29) is 22.6 Å². The number of carbonyl (C=O) groups excluding carboxylic acids is 3. The van der Waals surface area contributed by atoms with Crippen molar-refractivity contribution in [1.82, 2.24) is 0 Å². The van der Waals surface area contributed by atoms with E-state index in [0.717, 1.165) is 12.1 Å². The van der Waals surface area contributed by atoms with Crippen molar-refractivity contribution < 1.29 is 37.9 Å². The van der Waals surface area contributed by atoms with E-state index in [1.807, 2.05) is 0 Å². The van der Waals surface area contributed by atoms with Crippen LogP contribution in [0.25, 0.3) is 0 Å². The van der Waals surface area contributed by atoms with Gasteiger partial charge < -0.3 is 14.2 Å². The molecule has 1 spiro atoms. The van der Waals surface area contributed by atoms with Crippen LogP contribution in [0.5, 0.6) is 5.75 Å². The summed E-state index contributed by atoms with van der Waals surface area (Å²) in [5.41, 5.74) is -3.09. The van der Waals surface area contributed by atoms with Crippen LogP contribution in [0.3, 0.4) is 0 Å². The lowest BCUT2D eigenvalue weighted by molar-refractivity contribution is -0.485. The number of ether oxygens (including phenoxy) is 3. The van der Waals surface area contributed by atoms with E-state index in [2.05, 4.69) is 0 Å². The van der Waals surface area contributed by atoms with Gasteiger partial charge >= 0.3 is 12.1 Å². The smallest absolute Gasteiger partial charge is 0.421 e. The molecule has 0 aromatic heterocycles. The Kier molecular flexibility index (Phi) is 6.43. The topological polar surface area (TPSA) is 125 Å². The van der Waals surface area contributed by atoms with Gasteiger partial charge in [-0.25, -0.2) is 18.9 Å². The van der Waals surface area contributed by atoms with Crippen molar-refractivity contribution in [2.24, 2.45) is 0 Å². The fourth-order valence-electron chi connectivity index (χ4n) is 4.97. The number of fused-ring (bicyclic) bond motifs is 3. The summed E-state index contributed by atoms with van der Waals surface area (Å²) >= 11 is 0. The lowest BCUT2D eigenvalue weighted by atomic mass is 9.63. The molecule has 196 valence electrons. The molecule has 0 aliphatic carbocycles. The number of rotatable bonds is 4. The summed E-state index contributed by atoms with van der Waals surface area (Å²) in [5.74, 6) is -3.92. The molecule has 3 atom stereocenters. The number of halogens is 1. The first-order valence-corrected chi connectivity index (χ1v) is 11.7. The first-order valence-electron chi connectivity index (χ1n) is 11.7. The van der Waals surface area contributed by atoms with Crippen molar-refractivity contribution in [3.63, 3.8) is 0 Å². The molecule has 2 heterocycles. The maximum Gasteiger partial charge on any atom is 0.421 e. The third-order valence-corrected chi connectivity index (χ3v) is 6.18. The second-order valence-electron chi connectivity index (χ2n) is 10.2. The number of amides is 2. The minimum atomic E-state index is -2.19. The van der Waals surface area contributed by atoms with E-state index in [1.165, 1.54) is 18.2 Å². The number of carbonyl (C=O) groups is 3. The number of nitrogens with zero attached hydrogens (tertiary/aromatic N) is 2. The van der Waals surface area contributed by atoms with E-state index >= 15 is 0 Å². The lowest BCUT2D eigenvalue weighted by Crippen LogP contribution is -2.62. The molecule has 2 aliphatic rings. The Bertz CT molecular complexity index is 1290. The molecule has 2 amide bonds. The van der Waals surface area contributed by atoms with Crippen molar-refractivity contribution in [3.05, 3.63) is 69.5 Å². The van der Waals surface area contributed by atoms with E-state index in [0.29, 0.717) is 4.90 Å². The predicted molar refractivity (Wildman–Crippen MR) is 128 cm³/mol. The number of hydrogen-bond acceptors (Lipinski definition) is 8. The van der Waals surface area contributed by atoms with Crippen LogP contribution in [0.1, 0.15) is 51.7 Å². The van der Waals surface area contributed by atoms with Gasteiger partial charge in [0.05, 0.1) is 17.7 Å². The maximum absolute atomic E-state index is 14.7. The van der Waals surface area contributed by atoms with Gasteiger partial charge in [0.1, 0.15) is 22.6 Å². The number of anilines is 1. The van der Waals surface area contributed by atoms with E-state index < -0.39 is 64.4 Å². The molecule has 0 radical (unpaired) electrons. The Morgan fingerprint density at radius 1 is 1.22 bits per heavy atom. The Balaban J connectivity index is 2.05. The van der Waals surface area contributed by atoms with Gasteiger partial charge in [-0.2, -0.15) is 0 Å². The molecule has 2 aromatic carbocycles. The number of esters is 1. The summed E-state index contributed by atoms with van der Waals surface area (Å²) in [4.78, 5) is 53.1. The highest BCUT2D eigenvalue weighted by atomic mass is 19.1. The lowest BCUT2D eigenvalue weighted by Gasteiger charge is -2.43. The molecule has 2 aliphatic heterocycles. The van der Waals surface area contributed by atoms with Crippen LogP contribution in [0.2, 0.25) is 0 Å². The molecule has 10 nitrogen and oxygen atoms in total. The third kappa shape index (κ3) is 4.38. The Labute approximate surface area is 212 Å². The zero-order valence-corrected chi connectivity index (χ0v) is 21.0. The Morgan fingerprint density at radius 2 is 1.89 bits per heavy atom. The number of para-hydroxylation sites is 1. The monoisotopic (exact) mass is 514 g/mol. The fourth-order valence-corrected chi connectivity index (χ4v) is 4.97. The second kappa shape index (κ2) is 9.13. The van der Waals surface area contributed by atoms with Crippen molar-refractivity contribution in [2.75, 3.05) is 11.4 Å². The van der Waals surface area contributed by atoms with Gasteiger partial charge in [-0.15, -0.1) is 0 Å². The number of benzene rings is 2. The zero-order valence-electron chi connectivity index (χ0n) is 21.0. The van der Waals surface area contributed by atoms with Crippen LogP contribution in [0, 0.1) is 15.9 Å². The Morgan fingerprint density at radius 3 is 2.51 bits per heavy atom. The maximum atomic E-state index is 14.7. The molecule has 11 heteroatoms. The highest BCUT2D eigenvalue weighted by Crippen LogP contribution is 2.57. The Hall–Kier alpha value is -4.02. The molecular formula is C26H27FN2O8. The highest BCUT2D eigenvalue weighted by molar-refractivity contribution is 6.23. The van der Waals surface area contributed by atoms with E-state index in [9.17, 15) is 28.9 Å². The molecule has 2 aromatic rings. The van der Waals surface area contributed by atoms with Crippen molar-refractivity contribution >= 4 is 23.7 Å². The third-order valence-electron chi connectivity index (χ3n) is 6.18. The first-order chi connectivity index (χ1) is 17.3. The molecule has 0 saturated carbocycles. The summed E-state index contributed by atoms with van der Waals surface area (Å²) in [6, 6.07) is 9.52.